The number of hydrogen-bond acceptors (Lipinski definition) is 4. The summed E-state index contributed by atoms with van der Waals surface area (Å²) in [6.45, 7) is 8.00. The van der Waals surface area contributed by atoms with Gasteiger partial charge in [0, 0.05) is 25.9 Å². The fourth-order valence-corrected chi connectivity index (χ4v) is 2.47. The van der Waals surface area contributed by atoms with Gasteiger partial charge in [0.05, 0.1) is 11.9 Å². The van der Waals surface area contributed by atoms with E-state index in [0.717, 1.165) is 0 Å². The molecule has 7 nitrogen and oxygen atoms in total. The van der Waals surface area contributed by atoms with E-state index in [2.05, 4.69) is 25.4 Å². The minimum absolute atomic E-state index is 0.267. The van der Waals surface area contributed by atoms with Gasteiger partial charge in [0.2, 0.25) is 0 Å². The monoisotopic (exact) mass is 462 g/mol. The van der Waals surface area contributed by atoms with E-state index < -0.39 is 6.36 Å². The van der Waals surface area contributed by atoms with E-state index in [1.165, 1.54) is 23.4 Å². The van der Waals surface area contributed by atoms with Crippen LogP contribution in [0.1, 0.15) is 33.4 Å². The second-order valence-electron chi connectivity index (χ2n) is 6.05. The van der Waals surface area contributed by atoms with Crippen LogP contribution in [0.3, 0.4) is 0 Å². The summed E-state index contributed by atoms with van der Waals surface area (Å²) in [5.41, 5.74) is 2.10. The van der Waals surface area contributed by atoms with E-state index in [1.54, 1.807) is 67.4 Å². The Hall–Kier alpha value is -3.69. The molecule has 1 aromatic heterocycles. The minimum atomic E-state index is -4.77. The summed E-state index contributed by atoms with van der Waals surface area (Å²) in [7, 11) is 3.44. The second-order valence-corrected chi connectivity index (χ2v) is 6.05. The first-order chi connectivity index (χ1) is 15.8. The fraction of sp³-hybridized carbons (Fsp3) is 0.304. The standard InChI is InChI=1S/C19H17F3N6O.2C2H6/c1-27(2)26-25-23-13-15-10-11-28(24-15)16-7-5-6-14(12-16)17-8-3-4-9-18(17)29-19(20,21)22;2*1-2/h3-13H,1-2H3;2*1-2H3/b23-13+,26-25-;;. The molecule has 1 heterocycles. The fourth-order valence-electron chi connectivity index (χ4n) is 2.47. The Bertz CT molecular complexity index is 1030. The first kappa shape index (κ1) is 27.3. The van der Waals surface area contributed by atoms with Crippen LogP contribution in [-0.4, -0.2) is 41.5 Å². The summed E-state index contributed by atoms with van der Waals surface area (Å²) < 4.78 is 43.8. The van der Waals surface area contributed by atoms with Gasteiger partial charge in [-0.1, -0.05) is 63.3 Å². The average Bonchev–Trinajstić information content (AvgIpc) is 3.28. The highest BCUT2D eigenvalue weighted by atomic mass is 19.4. The molecule has 33 heavy (non-hydrogen) atoms. The van der Waals surface area contributed by atoms with Crippen molar-refractivity contribution in [2.75, 3.05) is 14.1 Å². The van der Waals surface area contributed by atoms with E-state index in [0.29, 0.717) is 22.5 Å². The molecular weight excluding hydrogens is 433 g/mol. The molecule has 10 heteroatoms. The lowest BCUT2D eigenvalue weighted by molar-refractivity contribution is -0.274. The van der Waals surface area contributed by atoms with Gasteiger partial charge < -0.3 is 4.74 Å². The van der Waals surface area contributed by atoms with Gasteiger partial charge >= 0.3 is 6.36 Å². The molecule has 0 aliphatic rings. The molecule has 0 bridgehead atoms. The minimum Gasteiger partial charge on any atom is -0.405 e. The summed E-state index contributed by atoms with van der Waals surface area (Å²) in [5.74, 6) is -0.267. The normalized spacial score (nSPS) is 10.9. The van der Waals surface area contributed by atoms with Crippen molar-refractivity contribution in [3.8, 4) is 22.6 Å². The number of nitrogens with zero attached hydrogens (tertiary/aromatic N) is 6. The Morgan fingerprint density at radius 1 is 0.970 bits per heavy atom. The van der Waals surface area contributed by atoms with Gasteiger partial charge in [-0.3, -0.25) is 5.01 Å². The lowest BCUT2D eigenvalue weighted by Gasteiger charge is -2.14. The van der Waals surface area contributed by atoms with Crippen molar-refractivity contribution in [1.29, 1.82) is 0 Å². The van der Waals surface area contributed by atoms with Crippen LogP contribution in [0.2, 0.25) is 0 Å². The lowest BCUT2D eigenvalue weighted by Crippen LogP contribution is -2.17. The third-order valence-electron chi connectivity index (χ3n) is 3.60. The molecule has 0 unspecified atom stereocenters. The Labute approximate surface area is 192 Å². The summed E-state index contributed by atoms with van der Waals surface area (Å²) in [5, 5.41) is 17.0. The van der Waals surface area contributed by atoms with E-state index in [4.69, 9.17) is 0 Å². The highest BCUT2D eigenvalue weighted by molar-refractivity contribution is 5.76. The number of aromatic nitrogens is 2. The summed E-state index contributed by atoms with van der Waals surface area (Å²) in [4.78, 5) is 0. The van der Waals surface area contributed by atoms with Gasteiger partial charge in [-0.05, 0) is 35.1 Å². The van der Waals surface area contributed by atoms with Gasteiger partial charge in [-0.2, -0.15) is 5.10 Å². The van der Waals surface area contributed by atoms with Crippen molar-refractivity contribution in [3.05, 3.63) is 66.5 Å². The van der Waals surface area contributed by atoms with Crippen LogP contribution in [0.25, 0.3) is 16.8 Å². The molecule has 0 spiro atoms. The number of para-hydroxylation sites is 1. The molecule has 0 fully saturated rings. The first-order valence-electron chi connectivity index (χ1n) is 10.4. The largest absolute Gasteiger partial charge is 0.573 e. The predicted octanol–water partition coefficient (Wildman–Crippen LogP) is 6.75. The number of hydrogen-bond donors (Lipinski definition) is 0. The molecule has 2 aromatic carbocycles. The first-order valence-corrected chi connectivity index (χ1v) is 10.4. The quantitative estimate of drug-likeness (QED) is 0.231. The third-order valence-corrected chi connectivity index (χ3v) is 3.60. The summed E-state index contributed by atoms with van der Waals surface area (Å²) in [6, 6.07) is 14.6. The molecule has 0 aliphatic carbocycles. The molecule has 0 radical (unpaired) electrons. The number of rotatable bonds is 6. The molecule has 0 N–H and O–H groups in total. The molecule has 3 rings (SSSR count). The summed E-state index contributed by atoms with van der Waals surface area (Å²) in [6.07, 6.45) is -1.62. The third kappa shape index (κ3) is 9.14. The van der Waals surface area contributed by atoms with Crippen molar-refractivity contribution in [1.82, 2.24) is 14.8 Å². The molecule has 178 valence electrons. The van der Waals surface area contributed by atoms with Crippen LogP contribution in [0.5, 0.6) is 5.75 Å². The average molecular weight is 463 g/mol. The van der Waals surface area contributed by atoms with E-state index in [-0.39, 0.29) is 5.75 Å². The van der Waals surface area contributed by atoms with Crippen LogP contribution < -0.4 is 4.74 Å². The van der Waals surface area contributed by atoms with E-state index in [9.17, 15) is 13.2 Å². The topological polar surface area (TPSA) is 67.4 Å². The Balaban J connectivity index is 0.00000129. The zero-order chi connectivity index (χ0) is 24.9. The van der Waals surface area contributed by atoms with Crippen molar-refractivity contribution in [3.63, 3.8) is 0 Å². The van der Waals surface area contributed by atoms with Gasteiger partial charge in [-0.25, -0.2) is 4.68 Å². The predicted molar refractivity (Wildman–Crippen MR) is 125 cm³/mol. The van der Waals surface area contributed by atoms with Gasteiger partial charge in [-0.15, -0.1) is 18.3 Å². The van der Waals surface area contributed by atoms with Crippen LogP contribution in [0.4, 0.5) is 13.2 Å². The van der Waals surface area contributed by atoms with Crippen molar-refractivity contribution >= 4 is 6.21 Å². The Morgan fingerprint density at radius 2 is 1.67 bits per heavy atom. The maximum absolute atomic E-state index is 12.7. The van der Waals surface area contributed by atoms with Crippen LogP contribution in [0, 0.1) is 0 Å². The molecule has 0 aliphatic heterocycles. The maximum Gasteiger partial charge on any atom is 0.573 e. The number of ether oxygens (including phenoxy) is 1. The zero-order valence-corrected chi connectivity index (χ0v) is 19.6. The Kier molecular flexibility index (Phi) is 11.3. The van der Waals surface area contributed by atoms with Crippen LogP contribution in [0.15, 0.2) is 76.3 Å². The second kappa shape index (κ2) is 13.7. The Morgan fingerprint density at radius 3 is 2.33 bits per heavy atom. The van der Waals surface area contributed by atoms with Crippen LogP contribution in [-0.2, 0) is 0 Å². The van der Waals surface area contributed by atoms with Crippen LogP contribution >= 0.6 is 0 Å². The van der Waals surface area contributed by atoms with E-state index in [1.807, 2.05) is 27.7 Å². The van der Waals surface area contributed by atoms with Gasteiger partial charge in [0.1, 0.15) is 11.4 Å². The highest BCUT2D eigenvalue weighted by Crippen LogP contribution is 2.34. The molecule has 0 saturated carbocycles. The smallest absolute Gasteiger partial charge is 0.405 e. The highest BCUT2D eigenvalue weighted by Gasteiger charge is 2.32. The SMILES string of the molecule is CC.CC.CN(C)/N=N\N=C\c1ccn(-c2cccc(-c3ccccc3OC(F)(F)F)c2)n1. The zero-order valence-electron chi connectivity index (χ0n) is 19.6. The molecule has 0 saturated heterocycles. The van der Waals surface area contributed by atoms with Gasteiger partial charge in [0.15, 0.2) is 0 Å². The van der Waals surface area contributed by atoms with Crippen molar-refractivity contribution < 1.29 is 17.9 Å². The molecule has 3 aromatic rings. The van der Waals surface area contributed by atoms with Crippen molar-refractivity contribution in [2.24, 2.45) is 15.5 Å². The molecule has 0 amide bonds. The lowest BCUT2D eigenvalue weighted by atomic mass is 10.0. The summed E-state index contributed by atoms with van der Waals surface area (Å²) >= 11 is 0. The number of benzene rings is 2. The molecule has 0 atom stereocenters. The van der Waals surface area contributed by atoms with Gasteiger partial charge in [0.25, 0.3) is 0 Å². The van der Waals surface area contributed by atoms with Crippen molar-refractivity contribution in [2.45, 2.75) is 34.1 Å². The number of alkyl halides is 3. The maximum atomic E-state index is 12.7. The molecular formula is C23H29F3N6O. The number of halogens is 3. The van der Waals surface area contributed by atoms with E-state index >= 15 is 0 Å².